The molecule has 0 unspecified atom stereocenters. The number of aliphatic carboxylic acids is 1. The van der Waals surface area contributed by atoms with E-state index in [0.29, 0.717) is 6.42 Å². The Bertz CT molecular complexity index is 872. The highest BCUT2D eigenvalue weighted by atomic mass is 16.5. The van der Waals surface area contributed by atoms with Crippen molar-refractivity contribution in [1.82, 2.24) is 15.9 Å². The lowest BCUT2D eigenvalue weighted by Gasteiger charge is -2.31. The van der Waals surface area contributed by atoms with Gasteiger partial charge in [0.1, 0.15) is 0 Å². The van der Waals surface area contributed by atoms with Crippen molar-refractivity contribution in [3.63, 3.8) is 0 Å². The first-order valence-electron chi connectivity index (χ1n) is 11.7. The van der Waals surface area contributed by atoms with Crippen molar-refractivity contribution in [2.45, 2.75) is 53.0 Å². The summed E-state index contributed by atoms with van der Waals surface area (Å²) in [6.07, 6.45) is 3.48. The number of rotatable bonds is 13. The van der Waals surface area contributed by atoms with E-state index in [1.54, 1.807) is 11.6 Å². The van der Waals surface area contributed by atoms with Crippen LogP contribution in [0.15, 0.2) is 36.4 Å². The van der Waals surface area contributed by atoms with Crippen LogP contribution in [0.4, 0.5) is 0 Å². The van der Waals surface area contributed by atoms with E-state index in [-0.39, 0.29) is 24.8 Å². The molecule has 0 aliphatic heterocycles. The van der Waals surface area contributed by atoms with Crippen molar-refractivity contribution in [2.75, 3.05) is 6.54 Å². The van der Waals surface area contributed by atoms with Gasteiger partial charge in [0.2, 0.25) is 11.8 Å². The molecule has 10 heteroatoms. The summed E-state index contributed by atoms with van der Waals surface area (Å²) in [4.78, 5) is 49.7. The highest BCUT2D eigenvalue weighted by molar-refractivity contribution is 5.91. The molecule has 10 nitrogen and oxygen atoms in total. The van der Waals surface area contributed by atoms with E-state index in [9.17, 15) is 24.4 Å². The largest absolute Gasteiger partial charge is 0.481 e. The molecule has 1 aromatic rings. The van der Waals surface area contributed by atoms with Gasteiger partial charge >= 0.3 is 5.97 Å². The first-order valence-corrected chi connectivity index (χ1v) is 11.7. The van der Waals surface area contributed by atoms with Crippen LogP contribution in [-0.2, 0) is 19.2 Å². The molecule has 0 saturated carbocycles. The number of hydroxylamine groups is 1. The van der Waals surface area contributed by atoms with Crippen LogP contribution in [0.1, 0.15) is 52.5 Å². The number of amides is 3. The maximum Gasteiger partial charge on any atom is 0.305 e. The summed E-state index contributed by atoms with van der Waals surface area (Å²) in [6.45, 7) is 7.56. The number of hydrogen-bond donors (Lipinski definition) is 5. The van der Waals surface area contributed by atoms with E-state index in [1.807, 2.05) is 64.1 Å². The monoisotopic (exact) mass is 490 g/mol. The predicted octanol–water partition coefficient (Wildman–Crippen LogP) is 2.19. The third-order valence-electron chi connectivity index (χ3n) is 5.27. The highest BCUT2D eigenvalue weighted by Gasteiger charge is 2.35. The van der Waals surface area contributed by atoms with Gasteiger partial charge in [-0.1, -0.05) is 70.2 Å². The van der Waals surface area contributed by atoms with Gasteiger partial charge < -0.3 is 10.8 Å². The molecule has 0 bridgehead atoms. The van der Waals surface area contributed by atoms with E-state index in [4.69, 9.17) is 10.8 Å². The van der Waals surface area contributed by atoms with E-state index in [0.717, 1.165) is 10.6 Å². The van der Waals surface area contributed by atoms with Gasteiger partial charge in [-0.25, -0.2) is 5.48 Å². The van der Waals surface area contributed by atoms with Crippen molar-refractivity contribution >= 4 is 29.8 Å². The lowest BCUT2D eigenvalue weighted by atomic mass is 9.82. The molecular weight excluding hydrogens is 452 g/mol. The average Bonchev–Trinajstić information content (AvgIpc) is 2.79. The molecule has 0 fully saturated rings. The molecule has 0 spiro atoms. The van der Waals surface area contributed by atoms with Crippen molar-refractivity contribution in [3.8, 4) is 0 Å². The van der Waals surface area contributed by atoms with Crippen molar-refractivity contribution in [3.05, 3.63) is 42.0 Å². The van der Waals surface area contributed by atoms with Gasteiger partial charge in [-0.3, -0.25) is 34.8 Å². The maximum atomic E-state index is 13.4. The zero-order chi connectivity index (χ0) is 26.5. The Hall–Kier alpha value is -3.24. The normalized spacial score (nSPS) is 13.9. The van der Waals surface area contributed by atoms with Gasteiger partial charge in [-0.05, 0) is 30.2 Å². The molecule has 0 aliphatic rings. The second kappa shape index (κ2) is 14.9. The Balaban J connectivity index is 3.18. The summed E-state index contributed by atoms with van der Waals surface area (Å²) in [7, 11) is 0. The molecular formula is C25H38N4O6. The summed E-state index contributed by atoms with van der Waals surface area (Å²) in [6, 6.07) is 8.09. The van der Waals surface area contributed by atoms with E-state index in [2.05, 4.69) is 5.43 Å². The van der Waals surface area contributed by atoms with Gasteiger partial charge in [-0.15, -0.1) is 0 Å². The fourth-order valence-electron chi connectivity index (χ4n) is 3.66. The zero-order valence-corrected chi connectivity index (χ0v) is 20.8. The number of nitrogens with two attached hydrogens (primary N) is 1. The summed E-state index contributed by atoms with van der Waals surface area (Å²) >= 11 is 0. The molecule has 0 aromatic heterocycles. The number of benzene rings is 1. The van der Waals surface area contributed by atoms with Crippen molar-refractivity contribution in [1.29, 1.82) is 0 Å². The predicted molar refractivity (Wildman–Crippen MR) is 131 cm³/mol. The lowest BCUT2D eigenvalue weighted by Crippen LogP contribution is -2.56. The van der Waals surface area contributed by atoms with Crippen LogP contribution in [0.2, 0.25) is 0 Å². The molecule has 0 saturated heterocycles. The third-order valence-corrected chi connectivity index (χ3v) is 5.27. The van der Waals surface area contributed by atoms with Crippen LogP contribution in [0.5, 0.6) is 0 Å². The van der Waals surface area contributed by atoms with Gasteiger partial charge in [-0.2, -0.15) is 0 Å². The fraction of sp³-hybridized carbons (Fsp3) is 0.520. The molecule has 0 heterocycles. The number of nitrogens with one attached hydrogen (secondary N) is 2. The average molecular weight is 491 g/mol. The van der Waals surface area contributed by atoms with E-state index >= 15 is 0 Å². The number of carboxylic acid groups (broad SMARTS) is 1. The molecule has 0 aliphatic carbocycles. The topological polar surface area (TPSA) is 162 Å². The second-order valence-electron chi connectivity index (χ2n) is 9.39. The lowest BCUT2D eigenvalue weighted by molar-refractivity contribution is -0.150. The molecule has 3 atom stereocenters. The van der Waals surface area contributed by atoms with Crippen LogP contribution in [0, 0.1) is 23.7 Å². The minimum absolute atomic E-state index is 0.0290. The first kappa shape index (κ1) is 29.8. The Morgan fingerprint density at radius 3 is 2.14 bits per heavy atom. The molecule has 0 radical (unpaired) electrons. The Morgan fingerprint density at radius 2 is 1.63 bits per heavy atom. The summed E-state index contributed by atoms with van der Waals surface area (Å²) in [5.41, 5.74) is 10.9. The summed E-state index contributed by atoms with van der Waals surface area (Å²) in [5.74, 6) is -5.07. The quantitative estimate of drug-likeness (QED) is 0.209. The first-order chi connectivity index (χ1) is 16.5. The highest BCUT2D eigenvalue weighted by Crippen LogP contribution is 2.26. The van der Waals surface area contributed by atoms with Gasteiger partial charge in [0.25, 0.3) is 5.91 Å². The van der Waals surface area contributed by atoms with Crippen LogP contribution >= 0.6 is 0 Å². The molecule has 6 N–H and O–H groups in total. The second-order valence-corrected chi connectivity index (χ2v) is 9.39. The SMILES string of the molecule is CC(C)C[C@@H](C(=O)NN(CC(C)C)C(=O)[C@H](N)CC(=O)O)[C@H](CC=Cc1ccccc1)C(=O)NO. The summed E-state index contributed by atoms with van der Waals surface area (Å²) < 4.78 is 0. The van der Waals surface area contributed by atoms with E-state index < -0.39 is 48.0 Å². The van der Waals surface area contributed by atoms with Gasteiger partial charge in [0, 0.05) is 6.54 Å². The van der Waals surface area contributed by atoms with Crippen LogP contribution < -0.4 is 16.6 Å². The Morgan fingerprint density at radius 1 is 1.00 bits per heavy atom. The maximum absolute atomic E-state index is 13.4. The number of nitrogens with zero attached hydrogens (tertiary/aromatic N) is 1. The number of carboxylic acids is 1. The number of hydrogen-bond acceptors (Lipinski definition) is 6. The van der Waals surface area contributed by atoms with Crippen LogP contribution in [-0.4, -0.2) is 51.6 Å². The zero-order valence-electron chi connectivity index (χ0n) is 20.8. The molecule has 1 aromatic carbocycles. The molecule has 1 rings (SSSR count). The van der Waals surface area contributed by atoms with Gasteiger partial charge in [0.15, 0.2) is 0 Å². The summed E-state index contributed by atoms with van der Waals surface area (Å²) in [5, 5.41) is 19.3. The number of hydrazine groups is 1. The Kier molecular flexibility index (Phi) is 12.7. The number of carbonyl (C=O) groups excluding carboxylic acids is 3. The van der Waals surface area contributed by atoms with Crippen molar-refractivity contribution < 1.29 is 29.5 Å². The fourth-order valence-corrected chi connectivity index (χ4v) is 3.66. The Labute approximate surface area is 206 Å². The minimum atomic E-state index is -1.33. The molecule has 194 valence electrons. The van der Waals surface area contributed by atoms with Crippen LogP contribution in [0.25, 0.3) is 6.08 Å². The number of allylic oxidation sites excluding steroid dienone is 1. The third kappa shape index (κ3) is 10.7. The standard InChI is InChI=1S/C25H38N4O6/c1-16(2)13-20(19(24(33)28-35)12-8-11-18-9-6-5-7-10-18)23(32)27-29(15-17(3)4)25(34)21(26)14-22(30)31/h5-11,16-17,19-21,35H,12-15,26H2,1-4H3,(H,27,32)(H,28,33)(H,30,31)/t19-,20+,21+/m0/s1. The molecule has 35 heavy (non-hydrogen) atoms. The smallest absolute Gasteiger partial charge is 0.305 e. The van der Waals surface area contributed by atoms with Crippen LogP contribution in [0.3, 0.4) is 0 Å². The minimum Gasteiger partial charge on any atom is -0.481 e. The number of carbonyl (C=O) groups is 4. The van der Waals surface area contributed by atoms with Gasteiger partial charge in [0.05, 0.1) is 24.3 Å². The molecule has 3 amide bonds. The van der Waals surface area contributed by atoms with Crippen molar-refractivity contribution in [2.24, 2.45) is 29.4 Å². The van der Waals surface area contributed by atoms with E-state index in [1.165, 1.54) is 0 Å².